The summed E-state index contributed by atoms with van der Waals surface area (Å²) >= 11 is 1.41. The monoisotopic (exact) mass is 507 g/mol. The van der Waals surface area contributed by atoms with Crippen molar-refractivity contribution in [3.63, 3.8) is 0 Å². The molecule has 1 aliphatic heterocycles. The van der Waals surface area contributed by atoms with Gasteiger partial charge in [0.25, 0.3) is 5.91 Å². The van der Waals surface area contributed by atoms with Crippen LogP contribution < -0.4 is 9.64 Å². The number of thiophene rings is 1. The van der Waals surface area contributed by atoms with Gasteiger partial charge in [-0.2, -0.15) is 0 Å². The van der Waals surface area contributed by atoms with Crippen molar-refractivity contribution < 1.29 is 14.3 Å². The van der Waals surface area contributed by atoms with Crippen molar-refractivity contribution in [2.45, 2.75) is 20.3 Å². The van der Waals surface area contributed by atoms with E-state index in [-0.39, 0.29) is 24.3 Å². The van der Waals surface area contributed by atoms with Crippen molar-refractivity contribution in [3.05, 3.63) is 58.8 Å². The number of carbonyl (C=O) groups is 2. The Morgan fingerprint density at radius 3 is 2.47 bits per heavy atom. The second-order valence-corrected chi connectivity index (χ2v) is 10.2. The van der Waals surface area contributed by atoms with E-state index in [4.69, 9.17) is 4.74 Å². The van der Waals surface area contributed by atoms with Crippen molar-refractivity contribution in [3.8, 4) is 17.0 Å². The van der Waals surface area contributed by atoms with Crippen LogP contribution in [0, 0.1) is 5.92 Å². The lowest BCUT2D eigenvalue weighted by atomic mass is 10.1. The number of benzene rings is 1. The molecular weight excluding hydrogens is 474 g/mol. The molecule has 0 unspecified atom stereocenters. The third kappa shape index (κ3) is 6.40. The van der Waals surface area contributed by atoms with Gasteiger partial charge >= 0.3 is 0 Å². The molecular formula is C27H33N5O3S. The Morgan fingerprint density at radius 2 is 1.83 bits per heavy atom. The first kappa shape index (κ1) is 25.6. The summed E-state index contributed by atoms with van der Waals surface area (Å²) < 4.78 is 5.22. The zero-order valence-corrected chi connectivity index (χ0v) is 21.9. The average Bonchev–Trinajstić information content (AvgIpc) is 3.32. The highest BCUT2D eigenvalue weighted by Crippen LogP contribution is 2.22. The second kappa shape index (κ2) is 12.0. The Hall–Kier alpha value is -3.46. The summed E-state index contributed by atoms with van der Waals surface area (Å²) in [7, 11) is 1.64. The Bertz CT molecular complexity index is 1130. The van der Waals surface area contributed by atoms with Gasteiger partial charge in [-0.1, -0.05) is 19.9 Å². The SMILES string of the molecule is COc1ccc(-c2ccc(N3CCCN(C(=O)CN(CC(C)C)C(=O)c4cccs4)CC3)nn2)cc1. The van der Waals surface area contributed by atoms with E-state index in [1.165, 1.54) is 11.3 Å². The third-order valence-corrected chi connectivity index (χ3v) is 7.00. The van der Waals surface area contributed by atoms with Crippen molar-refractivity contribution in [1.82, 2.24) is 20.0 Å². The van der Waals surface area contributed by atoms with Crippen LogP contribution in [-0.4, -0.2) is 78.2 Å². The second-order valence-electron chi connectivity index (χ2n) is 9.28. The van der Waals surface area contributed by atoms with E-state index in [0.29, 0.717) is 31.1 Å². The van der Waals surface area contributed by atoms with Gasteiger partial charge in [0.1, 0.15) is 12.3 Å². The molecule has 9 heteroatoms. The lowest BCUT2D eigenvalue weighted by Gasteiger charge is -2.28. The quantitative estimate of drug-likeness (QED) is 0.458. The van der Waals surface area contributed by atoms with E-state index in [0.717, 1.165) is 35.8 Å². The van der Waals surface area contributed by atoms with Gasteiger partial charge in [-0.25, -0.2) is 0 Å². The molecule has 0 N–H and O–H groups in total. The van der Waals surface area contributed by atoms with E-state index in [2.05, 4.69) is 28.9 Å². The molecule has 0 aliphatic carbocycles. The Balaban J connectivity index is 1.36. The molecule has 8 nitrogen and oxygen atoms in total. The van der Waals surface area contributed by atoms with Crippen molar-refractivity contribution in [1.29, 1.82) is 0 Å². The number of hydrogen-bond acceptors (Lipinski definition) is 7. The third-order valence-electron chi connectivity index (χ3n) is 6.14. The molecule has 1 aliphatic rings. The largest absolute Gasteiger partial charge is 0.497 e. The number of methoxy groups -OCH3 is 1. The molecule has 190 valence electrons. The molecule has 2 amide bonds. The molecule has 4 rings (SSSR count). The molecule has 3 aromatic rings. The van der Waals surface area contributed by atoms with E-state index in [9.17, 15) is 9.59 Å². The number of aromatic nitrogens is 2. The number of anilines is 1. The zero-order chi connectivity index (χ0) is 25.5. The van der Waals surface area contributed by atoms with Gasteiger partial charge in [-0.15, -0.1) is 21.5 Å². The van der Waals surface area contributed by atoms with Crippen LogP contribution >= 0.6 is 11.3 Å². The standard InChI is InChI=1S/C27H33N5O3S/c1-20(2)18-32(27(34)24-6-4-17-36-24)19-26(33)31-14-5-13-30(15-16-31)25-12-11-23(28-29-25)21-7-9-22(35-3)10-8-21/h4,6-12,17,20H,5,13-16,18-19H2,1-3H3. The first-order valence-corrected chi connectivity index (χ1v) is 13.2. The predicted octanol–water partition coefficient (Wildman–Crippen LogP) is 4.05. The van der Waals surface area contributed by atoms with E-state index in [1.807, 2.05) is 58.8 Å². The number of hydrogen-bond donors (Lipinski definition) is 0. The fourth-order valence-electron chi connectivity index (χ4n) is 4.28. The summed E-state index contributed by atoms with van der Waals surface area (Å²) in [5.41, 5.74) is 1.78. The van der Waals surface area contributed by atoms with Crippen molar-refractivity contribution in [2.24, 2.45) is 5.92 Å². The molecule has 36 heavy (non-hydrogen) atoms. The molecule has 2 aromatic heterocycles. The van der Waals surface area contributed by atoms with Crippen LogP contribution in [-0.2, 0) is 4.79 Å². The van der Waals surface area contributed by atoms with Gasteiger partial charge in [-0.05, 0) is 60.2 Å². The predicted molar refractivity (Wildman–Crippen MR) is 142 cm³/mol. The highest BCUT2D eigenvalue weighted by molar-refractivity contribution is 7.12. The van der Waals surface area contributed by atoms with Crippen LogP contribution in [0.25, 0.3) is 11.3 Å². The number of amides is 2. The number of ether oxygens (including phenoxy) is 1. The molecule has 0 saturated carbocycles. The normalized spacial score (nSPS) is 14.0. The fourth-order valence-corrected chi connectivity index (χ4v) is 4.98. The Morgan fingerprint density at radius 1 is 1.03 bits per heavy atom. The lowest BCUT2D eigenvalue weighted by molar-refractivity contribution is -0.131. The summed E-state index contributed by atoms with van der Waals surface area (Å²) in [5.74, 6) is 1.80. The molecule has 0 bridgehead atoms. The topological polar surface area (TPSA) is 78.9 Å². The van der Waals surface area contributed by atoms with Crippen LogP contribution in [0.1, 0.15) is 29.9 Å². The van der Waals surface area contributed by atoms with Crippen LogP contribution in [0.4, 0.5) is 5.82 Å². The lowest BCUT2D eigenvalue weighted by Crippen LogP contribution is -2.45. The highest BCUT2D eigenvalue weighted by Gasteiger charge is 2.25. The van der Waals surface area contributed by atoms with E-state index < -0.39 is 0 Å². The highest BCUT2D eigenvalue weighted by atomic mass is 32.1. The summed E-state index contributed by atoms with van der Waals surface area (Å²) in [6.45, 7) is 7.49. The number of carbonyl (C=O) groups excluding carboxylic acids is 2. The Kier molecular flexibility index (Phi) is 8.53. The minimum atomic E-state index is -0.0734. The van der Waals surface area contributed by atoms with Crippen LogP contribution in [0.15, 0.2) is 53.9 Å². The number of nitrogens with zero attached hydrogens (tertiary/aromatic N) is 5. The fraction of sp³-hybridized carbons (Fsp3) is 0.407. The smallest absolute Gasteiger partial charge is 0.264 e. The van der Waals surface area contributed by atoms with E-state index >= 15 is 0 Å². The maximum absolute atomic E-state index is 13.2. The van der Waals surface area contributed by atoms with Gasteiger partial charge in [0.15, 0.2) is 5.82 Å². The molecule has 0 atom stereocenters. The summed E-state index contributed by atoms with van der Waals surface area (Å²) in [5, 5.41) is 10.8. The molecule has 1 fully saturated rings. The van der Waals surface area contributed by atoms with Gasteiger partial charge in [0, 0.05) is 38.3 Å². The first-order chi connectivity index (χ1) is 17.4. The Labute approximate surface area is 216 Å². The summed E-state index contributed by atoms with van der Waals surface area (Å²) in [6, 6.07) is 15.4. The summed E-state index contributed by atoms with van der Waals surface area (Å²) in [6.07, 6.45) is 0.830. The van der Waals surface area contributed by atoms with E-state index in [1.54, 1.807) is 12.0 Å². The van der Waals surface area contributed by atoms with Crippen molar-refractivity contribution >= 4 is 29.0 Å². The average molecular weight is 508 g/mol. The van der Waals surface area contributed by atoms with Gasteiger partial charge in [-0.3, -0.25) is 9.59 Å². The van der Waals surface area contributed by atoms with Gasteiger partial charge in [0.2, 0.25) is 5.91 Å². The van der Waals surface area contributed by atoms with Crippen molar-refractivity contribution in [2.75, 3.05) is 51.3 Å². The minimum absolute atomic E-state index is 0.0108. The minimum Gasteiger partial charge on any atom is -0.497 e. The van der Waals surface area contributed by atoms with Crippen LogP contribution in [0.2, 0.25) is 0 Å². The maximum Gasteiger partial charge on any atom is 0.264 e. The summed E-state index contributed by atoms with van der Waals surface area (Å²) in [4.78, 5) is 32.5. The zero-order valence-electron chi connectivity index (χ0n) is 21.1. The van der Waals surface area contributed by atoms with Crippen LogP contribution in [0.5, 0.6) is 5.75 Å². The van der Waals surface area contributed by atoms with Crippen LogP contribution in [0.3, 0.4) is 0 Å². The molecule has 0 spiro atoms. The first-order valence-electron chi connectivity index (χ1n) is 12.3. The molecule has 1 saturated heterocycles. The maximum atomic E-state index is 13.2. The molecule has 3 heterocycles. The molecule has 1 aromatic carbocycles. The number of rotatable bonds is 8. The molecule has 0 radical (unpaired) electrons. The van der Waals surface area contributed by atoms with Gasteiger partial charge < -0.3 is 19.4 Å². The van der Waals surface area contributed by atoms with Gasteiger partial charge in [0.05, 0.1) is 17.7 Å².